The van der Waals surface area contributed by atoms with Gasteiger partial charge in [0.1, 0.15) is 0 Å². The van der Waals surface area contributed by atoms with Crippen LogP contribution in [0.4, 0.5) is 0 Å². The fraction of sp³-hybridized carbons (Fsp3) is 1.00. The highest BCUT2D eigenvalue weighted by atomic mass is 16.5. The Kier molecular flexibility index (Phi) is 5.46. The first-order chi connectivity index (χ1) is 8.76. The fourth-order valence-electron chi connectivity index (χ4n) is 3.40. The van der Waals surface area contributed by atoms with Crippen LogP contribution in [0.15, 0.2) is 0 Å². The van der Waals surface area contributed by atoms with Crippen molar-refractivity contribution in [3.63, 3.8) is 0 Å². The molecule has 106 valence electrons. The molecule has 0 aromatic carbocycles. The molecule has 3 heteroatoms. The van der Waals surface area contributed by atoms with E-state index in [1.54, 1.807) is 0 Å². The number of nitrogens with one attached hydrogen (secondary N) is 1. The summed E-state index contributed by atoms with van der Waals surface area (Å²) in [5.41, 5.74) is 0.455. The highest BCUT2D eigenvalue weighted by molar-refractivity contribution is 5.00. The molecule has 0 radical (unpaired) electrons. The van der Waals surface area contributed by atoms with Gasteiger partial charge in [-0.15, -0.1) is 0 Å². The highest BCUT2D eigenvalue weighted by Gasteiger charge is 2.39. The van der Waals surface area contributed by atoms with Crippen molar-refractivity contribution in [1.82, 2.24) is 10.2 Å². The third-order valence-corrected chi connectivity index (χ3v) is 4.54. The van der Waals surface area contributed by atoms with Crippen LogP contribution in [0.1, 0.15) is 52.4 Å². The van der Waals surface area contributed by atoms with Gasteiger partial charge in [-0.1, -0.05) is 19.8 Å². The lowest BCUT2D eigenvalue weighted by Crippen LogP contribution is -2.62. The molecule has 0 bridgehead atoms. The summed E-state index contributed by atoms with van der Waals surface area (Å²) >= 11 is 0. The second kappa shape index (κ2) is 6.88. The molecule has 2 rings (SSSR count). The van der Waals surface area contributed by atoms with E-state index in [1.807, 2.05) is 0 Å². The molecule has 1 unspecified atom stereocenters. The molecule has 2 fully saturated rings. The van der Waals surface area contributed by atoms with Crippen molar-refractivity contribution in [3.8, 4) is 0 Å². The Morgan fingerprint density at radius 1 is 1.28 bits per heavy atom. The summed E-state index contributed by atoms with van der Waals surface area (Å²) in [6.07, 6.45) is 7.89. The highest BCUT2D eigenvalue weighted by Crippen LogP contribution is 2.33. The third-order valence-electron chi connectivity index (χ3n) is 4.54. The van der Waals surface area contributed by atoms with Gasteiger partial charge in [0.05, 0.1) is 0 Å². The van der Waals surface area contributed by atoms with Crippen LogP contribution in [-0.2, 0) is 4.74 Å². The van der Waals surface area contributed by atoms with Crippen LogP contribution in [0.25, 0.3) is 0 Å². The predicted molar refractivity (Wildman–Crippen MR) is 76.0 cm³/mol. The lowest BCUT2D eigenvalue weighted by molar-refractivity contribution is 0.0702. The van der Waals surface area contributed by atoms with E-state index < -0.39 is 0 Å². The first-order valence-electron chi connectivity index (χ1n) is 7.82. The van der Waals surface area contributed by atoms with E-state index in [-0.39, 0.29) is 0 Å². The number of hydrogen-bond acceptors (Lipinski definition) is 3. The number of hydrogen-bond donors (Lipinski definition) is 1. The third kappa shape index (κ3) is 3.69. The van der Waals surface area contributed by atoms with Crippen LogP contribution in [0.2, 0.25) is 0 Å². The zero-order valence-electron chi connectivity index (χ0n) is 12.2. The first kappa shape index (κ1) is 14.3. The van der Waals surface area contributed by atoms with Gasteiger partial charge >= 0.3 is 0 Å². The molecule has 1 atom stereocenters. The van der Waals surface area contributed by atoms with E-state index in [2.05, 4.69) is 24.1 Å². The van der Waals surface area contributed by atoms with E-state index in [4.69, 9.17) is 4.74 Å². The maximum Gasteiger partial charge on any atom is 0.0478 e. The molecule has 2 aliphatic rings. The number of piperazine rings is 1. The fourth-order valence-corrected chi connectivity index (χ4v) is 3.40. The largest absolute Gasteiger partial charge is 0.381 e. The van der Waals surface area contributed by atoms with E-state index in [0.717, 1.165) is 26.2 Å². The topological polar surface area (TPSA) is 24.5 Å². The van der Waals surface area contributed by atoms with Crippen LogP contribution >= 0.6 is 0 Å². The molecule has 0 aromatic rings. The Morgan fingerprint density at radius 3 is 2.78 bits per heavy atom. The van der Waals surface area contributed by atoms with E-state index in [1.165, 1.54) is 45.2 Å². The van der Waals surface area contributed by atoms with Crippen molar-refractivity contribution in [3.05, 3.63) is 0 Å². The minimum Gasteiger partial charge on any atom is -0.381 e. The van der Waals surface area contributed by atoms with Gasteiger partial charge in [0.25, 0.3) is 0 Å². The normalized spacial score (nSPS) is 28.0. The summed E-state index contributed by atoms with van der Waals surface area (Å²) in [6, 6.07) is 0.683. The Labute approximate surface area is 112 Å². The van der Waals surface area contributed by atoms with Crippen molar-refractivity contribution in [1.29, 1.82) is 0 Å². The van der Waals surface area contributed by atoms with E-state index >= 15 is 0 Å². The van der Waals surface area contributed by atoms with Crippen LogP contribution < -0.4 is 5.32 Å². The predicted octanol–water partition coefficient (Wildman–Crippen LogP) is 2.41. The molecule has 1 aliphatic heterocycles. The Hall–Kier alpha value is -0.120. The quantitative estimate of drug-likeness (QED) is 0.737. The lowest BCUT2D eigenvalue weighted by Gasteiger charge is -2.45. The standard InChI is InChI=1S/C15H30N2O/c1-3-10-18-11-6-9-17-13-15(7-4-5-8-15)16-12-14(17)2/h14,16H,3-13H2,1-2H3. The number of rotatable bonds is 6. The van der Waals surface area contributed by atoms with Gasteiger partial charge in [-0.2, -0.15) is 0 Å². The van der Waals surface area contributed by atoms with Crippen LogP contribution in [0, 0.1) is 0 Å². The summed E-state index contributed by atoms with van der Waals surface area (Å²) < 4.78 is 5.58. The van der Waals surface area contributed by atoms with Crippen molar-refractivity contribution >= 4 is 0 Å². The molecule has 1 saturated heterocycles. The summed E-state index contributed by atoms with van der Waals surface area (Å²) in [5, 5.41) is 3.81. The van der Waals surface area contributed by atoms with Gasteiger partial charge in [-0.3, -0.25) is 4.90 Å². The van der Waals surface area contributed by atoms with Gasteiger partial charge in [0, 0.05) is 44.4 Å². The average molecular weight is 254 g/mol. The summed E-state index contributed by atoms with van der Waals surface area (Å²) in [6.45, 7) is 9.98. The second-order valence-electron chi connectivity index (χ2n) is 6.15. The lowest BCUT2D eigenvalue weighted by atomic mass is 9.92. The van der Waals surface area contributed by atoms with Gasteiger partial charge in [0.15, 0.2) is 0 Å². The Morgan fingerprint density at radius 2 is 2.06 bits per heavy atom. The summed E-state index contributed by atoms with van der Waals surface area (Å²) in [4.78, 5) is 2.68. The molecule has 3 nitrogen and oxygen atoms in total. The van der Waals surface area contributed by atoms with Crippen LogP contribution in [0.3, 0.4) is 0 Å². The van der Waals surface area contributed by atoms with E-state index in [0.29, 0.717) is 11.6 Å². The molecule has 1 N–H and O–H groups in total. The molecule has 1 spiro atoms. The maximum atomic E-state index is 5.58. The minimum absolute atomic E-state index is 0.455. The maximum absolute atomic E-state index is 5.58. The zero-order valence-corrected chi connectivity index (χ0v) is 12.2. The van der Waals surface area contributed by atoms with Gasteiger partial charge in [-0.25, -0.2) is 0 Å². The SMILES string of the molecule is CCCOCCCN1CC2(CCCC2)NCC1C. The molecule has 0 aromatic heterocycles. The molecule has 0 amide bonds. The molecular weight excluding hydrogens is 224 g/mol. The van der Waals surface area contributed by atoms with E-state index in [9.17, 15) is 0 Å². The van der Waals surface area contributed by atoms with Gasteiger partial charge < -0.3 is 10.1 Å². The molecule has 1 aliphatic carbocycles. The van der Waals surface area contributed by atoms with Crippen molar-refractivity contribution < 1.29 is 4.74 Å². The van der Waals surface area contributed by atoms with Crippen molar-refractivity contribution in [2.75, 3.05) is 32.8 Å². The van der Waals surface area contributed by atoms with Gasteiger partial charge in [-0.05, 0) is 32.6 Å². The average Bonchev–Trinajstić information content (AvgIpc) is 2.82. The van der Waals surface area contributed by atoms with Gasteiger partial charge in [0.2, 0.25) is 0 Å². The van der Waals surface area contributed by atoms with Crippen molar-refractivity contribution in [2.45, 2.75) is 64.0 Å². The Bertz CT molecular complexity index is 239. The van der Waals surface area contributed by atoms with Crippen molar-refractivity contribution in [2.24, 2.45) is 0 Å². The second-order valence-corrected chi connectivity index (χ2v) is 6.15. The molecular formula is C15H30N2O. The molecule has 18 heavy (non-hydrogen) atoms. The monoisotopic (exact) mass is 254 g/mol. The van der Waals surface area contributed by atoms with Crippen LogP contribution in [0.5, 0.6) is 0 Å². The summed E-state index contributed by atoms with van der Waals surface area (Å²) in [7, 11) is 0. The number of ether oxygens (including phenoxy) is 1. The summed E-state index contributed by atoms with van der Waals surface area (Å²) in [5.74, 6) is 0. The minimum atomic E-state index is 0.455. The zero-order chi connectivity index (χ0) is 12.8. The Balaban J connectivity index is 1.72. The van der Waals surface area contributed by atoms with Crippen LogP contribution in [-0.4, -0.2) is 49.3 Å². The molecule has 1 heterocycles. The first-order valence-corrected chi connectivity index (χ1v) is 7.82. The molecule has 1 saturated carbocycles. The smallest absolute Gasteiger partial charge is 0.0478 e. The number of nitrogens with zero attached hydrogens (tertiary/aromatic N) is 1.